The number of anilines is 1. The lowest BCUT2D eigenvalue weighted by molar-refractivity contribution is -0.124. The highest BCUT2D eigenvalue weighted by Gasteiger charge is 2.18. The molecule has 3 rings (SSSR count). The summed E-state index contributed by atoms with van der Waals surface area (Å²) in [4.78, 5) is 24.2. The highest BCUT2D eigenvalue weighted by Crippen LogP contribution is 2.21. The summed E-state index contributed by atoms with van der Waals surface area (Å²) in [7, 11) is -2.41. The molecule has 2 aromatic rings. The topological polar surface area (TPSA) is 111 Å². The molecule has 176 valence electrons. The van der Waals surface area contributed by atoms with Crippen LogP contribution in [0.4, 0.5) is 5.69 Å². The van der Waals surface area contributed by atoms with Gasteiger partial charge in [0.1, 0.15) is 5.75 Å². The van der Waals surface area contributed by atoms with E-state index in [4.69, 9.17) is 9.47 Å². The normalized spacial score (nSPS) is 13.5. The Labute approximate surface area is 194 Å². The number of esters is 1. The molecule has 0 atom stereocenters. The number of benzene rings is 2. The van der Waals surface area contributed by atoms with E-state index in [1.807, 2.05) is 0 Å². The molecular weight excluding hydrogens is 444 g/mol. The van der Waals surface area contributed by atoms with Gasteiger partial charge in [-0.2, -0.15) is 0 Å². The van der Waals surface area contributed by atoms with Gasteiger partial charge in [0, 0.05) is 12.2 Å². The zero-order chi connectivity index (χ0) is 23.7. The number of hydrogen-bond acceptors (Lipinski definition) is 6. The van der Waals surface area contributed by atoms with Crippen molar-refractivity contribution in [2.24, 2.45) is 0 Å². The third kappa shape index (κ3) is 7.35. The number of methoxy groups -OCH3 is 1. The average molecular weight is 473 g/mol. The predicted molar refractivity (Wildman–Crippen MR) is 125 cm³/mol. The summed E-state index contributed by atoms with van der Waals surface area (Å²) >= 11 is 0. The van der Waals surface area contributed by atoms with Crippen molar-refractivity contribution in [2.45, 2.75) is 37.0 Å². The molecule has 0 spiro atoms. The first-order valence-corrected chi connectivity index (χ1v) is 12.2. The Hall–Kier alpha value is -3.33. The van der Waals surface area contributed by atoms with Crippen molar-refractivity contribution in [3.05, 3.63) is 65.7 Å². The maximum Gasteiger partial charge on any atom is 0.338 e. The van der Waals surface area contributed by atoms with Gasteiger partial charge in [-0.3, -0.25) is 9.52 Å². The van der Waals surface area contributed by atoms with Crippen LogP contribution in [0.15, 0.2) is 65.1 Å². The van der Waals surface area contributed by atoms with E-state index in [-0.39, 0.29) is 10.5 Å². The molecule has 0 saturated heterocycles. The predicted octanol–water partition coefficient (Wildman–Crippen LogP) is 3.66. The Balaban J connectivity index is 1.52. The number of nitrogens with one attached hydrogen (secondary N) is 2. The number of carbonyl (C=O) groups is 2. The van der Waals surface area contributed by atoms with Crippen LogP contribution in [-0.4, -0.2) is 40.6 Å². The number of carbonyl (C=O) groups excluding carboxylic acids is 2. The molecule has 0 aromatic heterocycles. The van der Waals surface area contributed by atoms with Gasteiger partial charge in [0.05, 0.1) is 17.6 Å². The smallest absolute Gasteiger partial charge is 0.338 e. The molecule has 0 fully saturated rings. The minimum atomic E-state index is -3.93. The fourth-order valence-electron chi connectivity index (χ4n) is 3.42. The number of allylic oxidation sites excluding steroid dienone is 1. The molecule has 0 heterocycles. The van der Waals surface area contributed by atoms with E-state index in [0.29, 0.717) is 18.0 Å². The van der Waals surface area contributed by atoms with Gasteiger partial charge in [-0.1, -0.05) is 17.7 Å². The van der Waals surface area contributed by atoms with E-state index >= 15 is 0 Å². The fraction of sp³-hybridized carbons (Fsp3) is 0.333. The molecule has 1 aliphatic rings. The monoisotopic (exact) mass is 472 g/mol. The first-order chi connectivity index (χ1) is 15.9. The third-order valence-corrected chi connectivity index (χ3v) is 6.59. The van der Waals surface area contributed by atoms with Crippen molar-refractivity contribution in [3.63, 3.8) is 0 Å². The number of ether oxygens (including phenoxy) is 2. The minimum Gasteiger partial charge on any atom is -0.497 e. The summed E-state index contributed by atoms with van der Waals surface area (Å²) in [5.41, 5.74) is 1.73. The summed E-state index contributed by atoms with van der Waals surface area (Å²) in [6, 6.07) is 11.8. The number of rotatable bonds is 10. The molecule has 0 bridgehead atoms. The third-order valence-electron chi connectivity index (χ3n) is 5.21. The lowest BCUT2D eigenvalue weighted by Crippen LogP contribution is -2.30. The minimum absolute atomic E-state index is 0.0350. The number of hydrogen-bond donors (Lipinski definition) is 2. The Morgan fingerprint density at radius 3 is 2.55 bits per heavy atom. The summed E-state index contributed by atoms with van der Waals surface area (Å²) in [6.07, 6.45) is 7.57. The fourth-order valence-corrected chi connectivity index (χ4v) is 4.53. The van der Waals surface area contributed by atoms with E-state index in [1.165, 1.54) is 49.8 Å². The van der Waals surface area contributed by atoms with E-state index in [9.17, 15) is 18.0 Å². The van der Waals surface area contributed by atoms with Gasteiger partial charge in [-0.15, -0.1) is 0 Å². The molecule has 0 saturated carbocycles. The van der Waals surface area contributed by atoms with E-state index in [0.717, 1.165) is 19.3 Å². The van der Waals surface area contributed by atoms with Gasteiger partial charge in [0.15, 0.2) is 6.61 Å². The summed E-state index contributed by atoms with van der Waals surface area (Å²) in [5.74, 6) is -0.579. The molecule has 1 amide bonds. The van der Waals surface area contributed by atoms with Gasteiger partial charge in [0.25, 0.3) is 15.9 Å². The van der Waals surface area contributed by atoms with Crippen LogP contribution in [-0.2, 0) is 19.6 Å². The first-order valence-electron chi connectivity index (χ1n) is 10.8. The van der Waals surface area contributed by atoms with E-state index in [1.54, 1.807) is 24.3 Å². The number of sulfonamides is 1. The van der Waals surface area contributed by atoms with Crippen molar-refractivity contribution in [1.29, 1.82) is 0 Å². The van der Waals surface area contributed by atoms with E-state index < -0.39 is 28.5 Å². The van der Waals surface area contributed by atoms with Crippen molar-refractivity contribution in [1.82, 2.24) is 5.32 Å². The standard InChI is InChI=1S/C24H28N2O6S/c1-31-21-12-10-20(11-13-21)26-33(29,30)22-9-5-8-19(16-22)24(28)32-17-23(27)25-15-14-18-6-3-2-4-7-18/h5-6,8-13,16,26H,2-4,7,14-15,17H2,1H3,(H,25,27). The van der Waals surface area contributed by atoms with Gasteiger partial charge in [-0.25, -0.2) is 13.2 Å². The van der Waals surface area contributed by atoms with Crippen LogP contribution >= 0.6 is 0 Å². The zero-order valence-electron chi connectivity index (χ0n) is 18.5. The molecule has 2 N–H and O–H groups in total. The highest BCUT2D eigenvalue weighted by atomic mass is 32.2. The highest BCUT2D eigenvalue weighted by molar-refractivity contribution is 7.92. The molecule has 2 aromatic carbocycles. The molecule has 0 unspecified atom stereocenters. The molecule has 1 aliphatic carbocycles. The first kappa shape index (κ1) is 24.3. The maximum atomic E-state index is 12.7. The van der Waals surface area contributed by atoms with Crippen LogP contribution in [0.2, 0.25) is 0 Å². The molecule has 33 heavy (non-hydrogen) atoms. The van der Waals surface area contributed by atoms with Crippen LogP contribution < -0.4 is 14.8 Å². The van der Waals surface area contributed by atoms with Gasteiger partial charge in [0.2, 0.25) is 0 Å². The average Bonchev–Trinajstić information content (AvgIpc) is 2.83. The lowest BCUT2D eigenvalue weighted by Gasteiger charge is -2.13. The summed E-state index contributed by atoms with van der Waals surface area (Å²) in [5, 5.41) is 2.74. The van der Waals surface area contributed by atoms with Crippen molar-refractivity contribution >= 4 is 27.6 Å². The molecule has 9 heteroatoms. The summed E-state index contributed by atoms with van der Waals surface area (Å²) < 4.78 is 37.9. The van der Waals surface area contributed by atoms with E-state index in [2.05, 4.69) is 16.1 Å². The quantitative estimate of drug-likeness (QED) is 0.403. The molecule has 0 aliphatic heterocycles. The largest absolute Gasteiger partial charge is 0.497 e. The van der Waals surface area contributed by atoms with Crippen molar-refractivity contribution < 1.29 is 27.5 Å². The molecule has 8 nitrogen and oxygen atoms in total. The Morgan fingerprint density at radius 2 is 1.85 bits per heavy atom. The van der Waals surface area contributed by atoms with Crippen molar-refractivity contribution in [3.8, 4) is 5.75 Å². The van der Waals surface area contributed by atoms with Crippen LogP contribution in [0.5, 0.6) is 5.75 Å². The zero-order valence-corrected chi connectivity index (χ0v) is 19.3. The van der Waals surface area contributed by atoms with Crippen LogP contribution in [0, 0.1) is 0 Å². The van der Waals surface area contributed by atoms with Crippen LogP contribution in [0.25, 0.3) is 0 Å². The molecule has 0 radical (unpaired) electrons. The van der Waals surface area contributed by atoms with Crippen molar-refractivity contribution in [2.75, 3.05) is 25.0 Å². The Bertz CT molecular complexity index is 1110. The Kier molecular flexibility index (Phi) is 8.48. The van der Waals surface area contributed by atoms with Gasteiger partial charge < -0.3 is 14.8 Å². The Morgan fingerprint density at radius 1 is 1.06 bits per heavy atom. The second kappa shape index (κ2) is 11.5. The number of amides is 1. The summed E-state index contributed by atoms with van der Waals surface area (Å²) in [6.45, 7) is 0.0614. The SMILES string of the molecule is COc1ccc(NS(=O)(=O)c2cccc(C(=O)OCC(=O)NCCC3=CCCCC3)c2)cc1. The second-order valence-electron chi connectivity index (χ2n) is 7.65. The van der Waals surface area contributed by atoms with Gasteiger partial charge in [-0.05, 0) is 74.6 Å². The molecular formula is C24H28N2O6S. The van der Waals surface area contributed by atoms with Crippen LogP contribution in [0.3, 0.4) is 0 Å². The van der Waals surface area contributed by atoms with Gasteiger partial charge >= 0.3 is 5.97 Å². The lowest BCUT2D eigenvalue weighted by atomic mass is 9.97. The van der Waals surface area contributed by atoms with Crippen LogP contribution in [0.1, 0.15) is 42.5 Å². The second-order valence-corrected chi connectivity index (χ2v) is 9.33. The maximum absolute atomic E-state index is 12.7.